The van der Waals surface area contributed by atoms with Gasteiger partial charge in [-0.3, -0.25) is 9.20 Å². The summed E-state index contributed by atoms with van der Waals surface area (Å²) in [4.78, 5) is 16.4. The van der Waals surface area contributed by atoms with Crippen LogP contribution in [-0.2, 0) is 0 Å². The first-order valence-electron chi connectivity index (χ1n) is 14.6. The zero-order valence-electron chi connectivity index (χ0n) is 25.0. The van der Waals surface area contributed by atoms with Crippen LogP contribution in [0.25, 0.3) is 22.5 Å². The number of pyridine rings is 1. The summed E-state index contributed by atoms with van der Waals surface area (Å²) in [5.74, 6) is -0.491. The summed E-state index contributed by atoms with van der Waals surface area (Å²) in [7, 11) is 0. The number of fused-ring (bicyclic) bond motifs is 1. The smallest absolute Gasteiger partial charge is 0.248 e. The molecule has 2 aromatic heterocycles. The highest BCUT2D eigenvalue weighted by Crippen LogP contribution is 2.36. The van der Waals surface area contributed by atoms with Gasteiger partial charge in [-0.2, -0.15) is 0 Å². The van der Waals surface area contributed by atoms with Crippen molar-refractivity contribution in [3.8, 4) is 11.3 Å². The number of nitrogens with zero attached hydrogens (tertiary/aromatic N) is 2. The van der Waals surface area contributed by atoms with Gasteiger partial charge in [0.1, 0.15) is 16.5 Å². The first-order valence-corrected chi connectivity index (χ1v) is 15.0. The summed E-state index contributed by atoms with van der Waals surface area (Å²) in [6, 6.07) is 11.5. The molecule has 0 atom stereocenters. The number of nitrogens with two attached hydrogens (primary N) is 1. The van der Waals surface area contributed by atoms with E-state index >= 15 is 0 Å². The van der Waals surface area contributed by atoms with Crippen molar-refractivity contribution < 1.29 is 15.0 Å². The van der Waals surface area contributed by atoms with Crippen molar-refractivity contribution in [2.75, 3.05) is 13.2 Å². The lowest BCUT2D eigenvalue weighted by Crippen LogP contribution is -2.11. The average Bonchev–Trinajstić information content (AvgIpc) is 3.30. The van der Waals surface area contributed by atoms with E-state index in [0.717, 1.165) is 55.2 Å². The summed E-state index contributed by atoms with van der Waals surface area (Å²) >= 11 is 6.76. The van der Waals surface area contributed by atoms with E-state index in [1.54, 1.807) is 22.7 Å². The van der Waals surface area contributed by atoms with Gasteiger partial charge in [0.15, 0.2) is 0 Å². The van der Waals surface area contributed by atoms with Gasteiger partial charge in [0.2, 0.25) is 5.91 Å². The van der Waals surface area contributed by atoms with Crippen molar-refractivity contribution in [1.82, 2.24) is 9.38 Å². The summed E-state index contributed by atoms with van der Waals surface area (Å²) in [6.07, 6.45) is 16.7. The number of carbonyl (C=O) groups is 1. The Hall–Kier alpha value is -3.19. The fraction of sp³-hybridized carbons (Fsp3) is 0.412. The number of primary amides is 1. The Morgan fingerprint density at radius 1 is 1.00 bits per heavy atom. The molecular formula is C34H46ClN3O3. The van der Waals surface area contributed by atoms with Gasteiger partial charge in [-0.05, 0) is 74.8 Å². The van der Waals surface area contributed by atoms with Crippen molar-refractivity contribution in [3.05, 3.63) is 88.2 Å². The minimum absolute atomic E-state index is 0.283. The highest BCUT2D eigenvalue weighted by atomic mass is 35.5. The zero-order chi connectivity index (χ0) is 30.2. The highest BCUT2D eigenvalue weighted by molar-refractivity contribution is 6.32. The SMILES string of the molecule is CC\C=C(C)/C(=C\C=C(/C)CCCC)c1ccccc1-c1nc2cc(C(N)=O)ccn2c1Cl.OCCCCCCO. The third-order valence-electron chi connectivity index (χ3n) is 6.79. The van der Waals surface area contributed by atoms with Gasteiger partial charge in [0, 0.05) is 30.5 Å². The molecule has 3 aromatic rings. The lowest BCUT2D eigenvalue weighted by atomic mass is 9.92. The maximum atomic E-state index is 11.6. The standard InChI is InChI=1S/C28H32ClN3O.C6H14O2/c1-5-7-11-19(3)14-15-22(20(4)10-6-2)23-12-8-9-13-24(23)26-27(29)32-17-16-21(28(30)33)18-25(32)31-26;7-5-3-1-2-4-6-8/h8-10,12-18H,5-7,11H2,1-4H3,(H2,30,33);7-8H,1-6H2/b19-14+,20-10-,22-15+;. The van der Waals surface area contributed by atoms with Crippen molar-refractivity contribution in [3.63, 3.8) is 0 Å². The average molecular weight is 580 g/mol. The maximum absolute atomic E-state index is 11.6. The van der Waals surface area contributed by atoms with E-state index in [1.165, 1.54) is 24.0 Å². The molecule has 0 spiro atoms. The molecule has 41 heavy (non-hydrogen) atoms. The Morgan fingerprint density at radius 2 is 1.68 bits per heavy atom. The van der Waals surface area contributed by atoms with E-state index in [2.05, 4.69) is 52.0 Å². The van der Waals surface area contributed by atoms with Crippen molar-refractivity contribution in [2.24, 2.45) is 5.73 Å². The lowest BCUT2D eigenvalue weighted by Gasteiger charge is -2.13. The number of halogens is 1. The molecule has 7 heteroatoms. The van der Waals surface area contributed by atoms with E-state index in [4.69, 9.17) is 32.5 Å². The van der Waals surface area contributed by atoms with Crippen molar-refractivity contribution in [1.29, 1.82) is 0 Å². The minimum atomic E-state index is -0.491. The number of carbonyl (C=O) groups excluding carboxylic acids is 1. The topological polar surface area (TPSA) is 101 Å². The molecule has 0 aliphatic heterocycles. The number of benzene rings is 1. The first kappa shape index (κ1) is 34.0. The number of aliphatic hydroxyl groups excluding tert-OH is 2. The molecule has 4 N–H and O–H groups in total. The third kappa shape index (κ3) is 10.3. The largest absolute Gasteiger partial charge is 0.396 e. The number of allylic oxidation sites excluding steroid dienone is 6. The molecule has 0 saturated heterocycles. The number of aliphatic hydroxyl groups is 2. The Bertz CT molecular complexity index is 1350. The van der Waals surface area contributed by atoms with Gasteiger partial charge in [0.05, 0.1) is 0 Å². The van der Waals surface area contributed by atoms with E-state index in [-0.39, 0.29) is 13.2 Å². The fourth-order valence-electron chi connectivity index (χ4n) is 4.46. The van der Waals surface area contributed by atoms with E-state index in [9.17, 15) is 4.79 Å². The summed E-state index contributed by atoms with van der Waals surface area (Å²) in [5, 5.41) is 17.1. The Morgan fingerprint density at radius 3 is 2.29 bits per heavy atom. The molecule has 1 aromatic carbocycles. The number of hydrogen-bond acceptors (Lipinski definition) is 4. The number of aromatic nitrogens is 2. The van der Waals surface area contributed by atoms with Gasteiger partial charge >= 0.3 is 0 Å². The Kier molecular flexibility index (Phi) is 15.2. The molecular weight excluding hydrogens is 534 g/mol. The monoisotopic (exact) mass is 579 g/mol. The van der Waals surface area contributed by atoms with Gasteiger partial charge < -0.3 is 15.9 Å². The van der Waals surface area contributed by atoms with Crippen LogP contribution in [0.2, 0.25) is 5.15 Å². The quantitative estimate of drug-likeness (QED) is 0.132. The van der Waals surface area contributed by atoms with Crippen LogP contribution < -0.4 is 5.73 Å². The highest BCUT2D eigenvalue weighted by Gasteiger charge is 2.18. The fourth-order valence-corrected chi connectivity index (χ4v) is 4.74. The van der Waals surface area contributed by atoms with E-state index < -0.39 is 5.91 Å². The maximum Gasteiger partial charge on any atom is 0.248 e. The Labute approximate surface area is 250 Å². The second-order valence-electron chi connectivity index (χ2n) is 10.2. The van der Waals surface area contributed by atoms with Crippen LogP contribution >= 0.6 is 11.6 Å². The molecule has 3 rings (SSSR count). The lowest BCUT2D eigenvalue weighted by molar-refractivity contribution is 0.1000. The number of rotatable bonds is 14. The molecule has 0 bridgehead atoms. The first-order chi connectivity index (χ1) is 19.8. The zero-order valence-corrected chi connectivity index (χ0v) is 25.8. The number of amides is 1. The number of imidazole rings is 1. The summed E-state index contributed by atoms with van der Waals surface area (Å²) in [6.45, 7) is 9.25. The predicted octanol–water partition coefficient (Wildman–Crippen LogP) is 8.16. The van der Waals surface area contributed by atoms with Crippen LogP contribution in [-0.4, -0.2) is 38.7 Å². The molecule has 2 heterocycles. The summed E-state index contributed by atoms with van der Waals surface area (Å²) < 4.78 is 1.77. The second kappa shape index (κ2) is 18.3. The molecule has 0 saturated carbocycles. The molecule has 222 valence electrons. The van der Waals surface area contributed by atoms with Gasteiger partial charge in [0.25, 0.3) is 0 Å². The van der Waals surface area contributed by atoms with Crippen LogP contribution in [0, 0.1) is 0 Å². The van der Waals surface area contributed by atoms with Crippen LogP contribution in [0.3, 0.4) is 0 Å². The van der Waals surface area contributed by atoms with E-state index in [0.29, 0.717) is 22.1 Å². The molecule has 0 aliphatic carbocycles. The second-order valence-corrected chi connectivity index (χ2v) is 10.5. The van der Waals surface area contributed by atoms with Crippen molar-refractivity contribution in [2.45, 2.75) is 79.1 Å². The van der Waals surface area contributed by atoms with E-state index in [1.807, 2.05) is 18.2 Å². The van der Waals surface area contributed by atoms with Crippen LogP contribution in [0.15, 0.2) is 72.0 Å². The van der Waals surface area contributed by atoms with Crippen molar-refractivity contribution >= 4 is 28.7 Å². The normalized spacial score (nSPS) is 12.4. The Balaban J connectivity index is 0.000000642. The van der Waals surface area contributed by atoms with Crippen LogP contribution in [0.5, 0.6) is 0 Å². The number of hydrogen-bond donors (Lipinski definition) is 3. The van der Waals surface area contributed by atoms with Crippen LogP contribution in [0.1, 0.15) is 95.0 Å². The molecule has 6 nitrogen and oxygen atoms in total. The van der Waals surface area contributed by atoms with Gasteiger partial charge in [-0.15, -0.1) is 0 Å². The molecule has 0 unspecified atom stereocenters. The minimum Gasteiger partial charge on any atom is -0.396 e. The van der Waals surface area contributed by atoms with Gasteiger partial charge in [-0.1, -0.05) is 92.8 Å². The predicted molar refractivity (Wildman–Crippen MR) is 172 cm³/mol. The third-order valence-corrected chi connectivity index (χ3v) is 7.15. The van der Waals surface area contributed by atoms with Crippen LogP contribution in [0.4, 0.5) is 0 Å². The number of unbranched alkanes of at least 4 members (excludes halogenated alkanes) is 4. The molecule has 1 amide bonds. The molecule has 0 radical (unpaired) electrons. The molecule has 0 fully saturated rings. The summed E-state index contributed by atoms with van der Waals surface area (Å²) in [5.41, 5.74) is 12.8. The van der Waals surface area contributed by atoms with Gasteiger partial charge in [-0.25, -0.2) is 4.98 Å². The molecule has 0 aliphatic rings.